The number of carbonyl (C=O) groups is 1. The number of ether oxygens (including phenoxy) is 2. The monoisotopic (exact) mass is 292 g/mol. The van der Waals surface area contributed by atoms with Gasteiger partial charge in [-0.15, -0.1) is 11.3 Å². The number of thiazole rings is 1. The summed E-state index contributed by atoms with van der Waals surface area (Å²) >= 11 is 1.50. The lowest BCUT2D eigenvalue weighted by Crippen LogP contribution is -2.14. The maximum atomic E-state index is 12.3. The van der Waals surface area contributed by atoms with Crippen molar-refractivity contribution in [1.29, 1.82) is 0 Å². The zero-order valence-electron chi connectivity index (χ0n) is 11.8. The SMILES string of the molecule is COc1ccc(OC)c(NC(=O)c2nc(C)sc2C)c1. The Labute approximate surface area is 121 Å². The van der Waals surface area contributed by atoms with E-state index in [1.165, 1.54) is 11.3 Å². The average Bonchev–Trinajstić information content (AvgIpc) is 2.77. The zero-order valence-corrected chi connectivity index (χ0v) is 12.6. The largest absolute Gasteiger partial charge is 0.497 e. The highest BCUT2D eigenvalue weighted by Crippen LogP contribution is 2.29. The molecule has 0 aliphatic heterocycles. The van der Waals surface area contributed by atoms with E-state index in [9.17, 15) is 4.79 Å². The van der Waals surface area contributed by atoms with Gasteiger partial charge in [0.1, 0.15) is 17.2 Å². The number of aryl methyl sites for hydroxylation is 2. The molecule has 0 bridgehead atoms. The van der Waals surface area contributed by atoms with Crippen LogP contribution in [-0.4, -0.2) is 25.1 Å². The minimum absolute atomic E-state index is 0.251. The standard InChI is InChI=1S/C14H16N2O3S/c1-8-13(15-9(2)20-8)14(17)16-11-7-10(18-3)5-6-12(11)19-4/h5-7H,1-4H3,(H,16,17). The smallest absolute Gasteiger partial charge is 0.275 e. The van der Waals surface area contributed by atoms with Crippen LogP contribution < -0.4 is 14.8 Å². The molecule has 20 heavy (non-hydrogen) atoms. The molecule has 0 aliphatic carbocycles. The summed E-state index contributed by atoms with van der Waals surface area (Å²) in [5.74, 6) is 0.967. The lowest BCUT2D eigenvalue weighted by atomic mass is 10.2. The molecule has 6 heteroatoms. The highest BCUT2D eigenvalue weighted by Gasteiger charge is 2.16. The molecule has 0 radical (unpaired) electrons. The number of rotatable bonds is 4. The van der Waals surface area contributed by atoms with Crippen LogP contribution in [0.15, 0.2) is 18.2 Å². The summed E-state index contributed by atoms with van der Waals surface area (Å²) in [4.78, 5) is 17.4. The maximum absolute atomic E-state index is 12.3. The van der Waals surface area contributed by atoms with E-state index in [-0.39, 0.29) is 5.91 Å². The van der Waals surface area contributed by atoms with Crippen LogP contribution in [0.5, 0.6) is 11.5 Å². The van der Waals surface area contributed by atoms with Crippen molar-refractivity contribution in [1.82, 2.24) is 4.98 Å². The first kappa shape index (κ1) is 14.3. The van der Waals surface area contributed by atoms with Gasteiger partial charge in [0, 0.05) is 10.9 Å². The second kappa shape index (κ2) is 5.92. The quantitative estimate of drug-likeness (QED) is 0.941. The van der Waals surface area contributed by atoms with Gasteiger partial charge in [-0.05, 0) is 26.0 Å². The van der Waals surface area contributed by atoms with Crippen LogP contribution in [0.3, 0.4) is 0 Å². The van der Waals surface area contributed by atoms with Crippen LogP contribution in [0.4, 0.5) is 5.69 Å². The topological polar surface area (TPSA) is 60.5 Å². The number of methoxy groups -OCH3 is 2. The van der Waals surface area contributed by atoms with Crippen LogP contribution in [0.25, 0.3) is 0 Å². The Morgan fingerprint density at radius 1 is 1.25 bits per heavy atom. The molecule has 2 aromatic rings. The number of amides is 1. The van der Waals surface area contributed by atoms with E-state index in [1.807, 2.05) is 13.8 Å². The molecule has 0 aliphatic rings. The summed E-state index contributed by atoms with van der Waals surface area (Å²) in [6.07, 6.45) is 0. The lowest BCUT2D eigenvalue weighted by Gasteiger charge is -2.11. The van der Waals surface area contributed by atoms with Crippen molar-refractivity contribution in [2.24, 2.45) is 0 Å². The van der Waals surface area contributed by atoms with Gasteiger partial charge in [-0.2, -0.15) is 0 Å². The van der Waals surface area contributed by atoms with E-state index in [1.54, 1.807) is 32.4 Å². The fraction of sp³-hybridized carbons (Fsp3) is 0.286. The second-order valence-corrected chi connectivity index (χ2v) is 5.57. The molecule has 1 aromatic heterocycles. The molecule has 106 valence electrons. The van der Waals surface area contributed by atoms with Crippen molar-refractivity contribution in [3.63, 3.8) is 0 Å². The molecule has 1 heterocycles. The third-order valence-corrected chi connectivity index (χ3v) is 3.66. The van der Waals surface area contributed by atoms with Crippen LogP contribution in [0, 0.1) is 13.8 Å². The molecule has 2 rings (SSSR count). The van der Waals surface area contributed by atoms with Gasteiger partial charge in [0.15, 0.2) is 0 Å². The zero-order chi connectivity index (χ0) is 14.7. The third kappa shape index (κ3) is 2.91. The predicted octanol–water partition coefficient (Wildman–Crippen LogP) is 3.03. The first-order valence-corrected chi connectivity index (χ1v) is 6.84. The Kier molecular flexibility index (Phi) is 4.24. The lowest BCUT2D eigenvalue weighted by molar-refractivity contribution is 0.102. The van der Waals surface area contributed by atoms with Crippen molar-refractivity contribution in [3.8, 4) is 11.5 Å². The molecular weight excluding hydrogens is 276 g/mol. The first-order valence-electron chi connectivity index (χ1n) is 6.02. The van der Waals surface area contributed by atoms with Gasteiger partial charge in [0.25, 0.3) is 5.91 Å². The second-order valence-electron chi connectivity index (χ2n) is 4.16. The average molecular weight is 292 g/mol. The molecule has 5 nitrogen and oxygen atoms in total. The number of nitrogens with zero attached hydrogens (tertiary/aromatic N) is 1. The summed E-state index contributed by atoms with van der Waals surface area (Å²) in [6, 6.07) is 5.23. The summed E-state index contributed by atoms with van der Waals surface area (Å²) < 4.78 is 10.4. The molecule has 0 saturated heterocycles. The molecule has 1 N–H and O–H groups in total. The summed E-state index contributed by atoms with van der Waals surface area (Å²) in [5.41, 5.74) is 0.999. The molecule has 0 unspecified atom stereocenters. The van der Waals surface area contributed by atoms with Crippen LogP contribution in [0.2, 0.25) is 0 Å². The first-order chi connectivity index (χ1) is 9.55. The van der Waals surface area contributed by atoms with E-state index in [0.29, 0.717) is 22.9 Å². The highest BCUT2D eigenvalue weighted by molar-refractivity contribution is 7.11. The van der Waals surface area contributed by atoms with Gasteiger partial charge >= 0.3 is 0 Å². The summed E-state index contributed by atoms with van der Waals surface area (Å²) in [6.45, 7) is 3.75. The fourth-order valence-corrected chi connectivity index (χ4v) is 2.65. The normalized spacial score (nSPS) is 10.2. The van der Waals surface area contributed by atoms with Crippen molar-refractivity contribution in [2.75, 3.05) is 19.5 Å². The Morgan fingerprint density at radius 3 is 2.55 bits per heavy atom. The Hall–Kier alpha value is -2.08. The Morgan fingerprint density at radius 2 is 2.00 bits per heavy atom. The maximum Gasteiger partial charge on any atom is 0.275 e. The fourth-order valence-electron chi connectivity index (χ4n) is 1.83. The minimum Gasteiger partial charge on any atom is -0.497 e. The summed E-state index contributed by atoms with van der Waals surface area (Å²) in [7, 11) is 3.12. The van der Waals surface area contributed by atoms with Gasteiger partial charge < -0.3 is 14.8 Å². The van der Waals surface area contributed by atoms with Gasteiger partial charge in [-0.3, -0.25) is 4.79 Å². The molecule has 1 amide bonds. The van der Waals surface area contributed by atoms with E-state index < -0.39 is 0 Å². The number of nitrogens with one attached hydrogen (secondary N) is 1. The number of carbonyl (C=O) groups excluding carboxylic acids is 1. The highest BCUT2D eigenvalue weighted by atomic mass is 32.1. The number of benzene rings is 1. The molecule has 0 spiro atoms. The predicted molar refractivity (Wildman–Crippen MR) is 79.1 cm³/mol. The van der Waals surface area contributed by atoms with Gasteiger partial charge in [-0.1, -0.05) is 0 Å². The molecular formula is C14H16N2O3S. The van der Waals surface area contributed by atoms with Gasteiger partial charge in [-0.25, -0.2) is 4.98 Å². The van der Waals surface area contributed by atoms with E-state index in [4.69, 9.17) is 9.47 Å². The Bertz CT molecular complexity index is 637. The van der Waals surface area contributed by atoms with Crippen LogP contribution in [0.1, 0.15) is 20.4 Å². The molecule has 0 atom stereocenters. The number of hydrogen-bond donors (Lipinski definition) is 1. The minimum atomic E-state index is -0.251. The summed E-state index contributed by atoms with van der Waals surface area (Å²) in [5, 5.41) is 3.67. The van der Waals surface area contributed by atoms with Crippen molar-refractivity contribution < 1.29 is 14.3 Å². The Balaban J connectivity index is 2.29. The van der Waals surface area contributed by atoms with Gasteiger partial charge in [0.2, 0.25) is 0 Å². The van der Waals surface area contributed by atoms with Crippen molar-refractivity contribution in [3.05, 3.63) is 33.8 Å². The van der Waals surface area contributed by atoms with Crippen molar-refractivity contribution >= 4 is 22.9 Å². The third-order valence-electron chi connectivity index (χ3n) is 2.77. The molecule has 0 saturated carbocycles. The van der Waals surface area contributed by atoms with E-state index in [2.05, 4.69) is 10.3 Å². The van der Waals surface area contributed by atoms with Crippen molar-refractivity contribution in [2.45, 2.75) is 13.8 Å². The number of hydrogen-bond acceptors (Lipinski definition) is 5. The number of anilines is 1. The van der Waals surface area contributed by atoms with E-state index >= 15 is 0 Å². The van der Waals surface area contributed by atoms with E-state index in [0.717, 1.165) is 9.88 Å². The number of aromatic nitrogens is 1. The van der Waals surface area contributed by atoms with Gasteiger partial charge in [0.05, 0.1) is 24.9 Å². The van der Waals surface area contributed by atoms with Crippen LogP contribution >= 0.6 is 11.3 Å². The van der Waals surface area contributed by atoms with Crippen LogP contribution in [-0.2, 0) is 0 Å². The molecule has 0 fully saturated rings. The molecule has 1 aromatic carbocycles.